The first-order valence-electron chi connectivity index (χ1n) is 12.4. The van der Waals surface area contributed by atoms with Crippen molar-refractivity contribution in [3.63, 3.8) is 0 Å². The highest BCUT2D eigenvalue weighted by atomic mass is 16.5. The van der Waals surface area contributed by atoms with Crippen LogP contribution in [-0.2, 0) is 36.7 Å². The van der Waals surface area contributed by atoms with Crippen LogP contribution in [0.15, 0.2) is 59.1 Å². The van der Waals surface area contributed by atoms with E-state index in [2.05, 4.69) is 29.5 Å². The largest absolute Gasteiger partial charge is 0.463 e. The van der Waals surface area contributed by atoms with E-state index < -0.39 is 17.5 Å². The van der Waals surface area contributed by atoms with Crippen molar-refractivity contribution in [3.8, 4) is 22.4 Å². The summed E-state index contributed by atoms with van der Waals surface area (Å²) in [5.74, 6) is -0.360. The normalized spacial score (nSPS) is 11.1. The Hall–Kier alpha value is -3.94. The standard InChI is InChI=1S/C29H34N2O6/c1-5-6-27-17-28(31-37-27)26-13-11-25(12-14-26)24-9-7-23(8-10-24)15-16-29(30-20(2)32,18-35-21(3)33)19-36-22(4)34/h7-14,17H,5-6,15-16,18-19H2,1-4H3,(H,30,32). The summed E-state index contributed by atoms with van der Waals surface area (Å²) in [4.78, 5) is 34.8. The third-order valence-electron chi connectivity index (χ3n) is 5.96. The number of hydrogen-bond donors (Lipinski definition) is 1. The molecule has 0 fully saturated rings. The molecule has 8 nitrogen and oxygen atoms in total. The fourth-order valence-electron chi connectivity index (χ4n) is 4.07. The molecule has 3 aromatic rings. The molecule has 0 aliphatic carbocycles. The summed E-state index contributed by atoms with van der Waals surface area (Å²) in [7, 11) is 0. The fourth-order valence-corrected chi connectivity index (χ4v) is 4.07. The quantitative estimate of drug-likeness (QED) is 0.348. The third kappa shape index (κ3) is 8.31. The van der Waals surface area contributed by atoms with E-state index in [1.165, 1.54) is 20.8 Å². The minimum atomic E-state index is -1.02. The topological polar surface area (TPSA) is 108 Å². The number of rotatable bonds is 12. The van der Waals surface area contributed by atoms with Crippen molar-refractivity contribution in [2.24, 2.45) is 0 Å². The van der Waals surface area contributed by atoms with Crippen LogP contribution < -0.4 is 5.32 Å². The predicted molar refractivity (Wildman–Crippen MR) is 140 cm³/mol. The zero-order valence-corrected chi connectivity index (χ0v) is 21.8. The van der Waals surface area contributed by atoms with Gasteiger partial charge in [-0.05, 0) is 36.0 Å². The van der Waals surface area contributed by atoms with Gasteiger partial charge in [-0.25, -0.2) is 0 Å². The maximum absolute atomic E-state index is 11.9. The summed E-state index contributed by atoms with van der Waals surface area (Å²) in [5, 5.41) is 7.00. The maximum atomic E-state index is 11.9. The maximum Gasteiger partial charge on any atom is 0.302 e. The van der Waals surface area contributed by atoms with Crippen LogP contribution >= 0.6 is 0 Å². The minimum Gasteiger partial charge on any atom is -0.463 e. The van der Waals surface area contributed by atoms with Gasteiger partial charge in [0.1, 0.15) is 30.2 Å². The third-order valence-corrected chi connectivity index (χ3v) is 5.96. The number of ether oxygens (including phenoxy) is 2. The summed E-state index contributed by atoms with van der Waals surface area (Å²) >= 11 is 0. The van der Waals surface area contributed by atoms with Crippen LogP contribution in [0.4, 0.5) is 0 Å². The van der Waals surface area contributed by atoms with E-state index >= 15 is 0 Å². The molecule has 0 unspecified atom stereocenters. The first kappa shape index (κ1) is 27.6. The van der Waals surface area contributed by atoms with Crippen LogP contribution in [0.3, 0.4) is 0 Å². The molecule has 37 heavy (non-hydrogen) atoms. The van der Waals surface area contributed by atoms with Crippen LogP contribution in [0, 0.1) is 0 Å². The van der Waals surface area contributed by atoms with Gasteiger partial charge in [-0.15, -0.1) is 0 Å². The molecule has 0 atom stereocenters. The van der Waals surface area contributed by atoms with Crippen LogP contribution in [0.25, 0.3) is 22.4 Å². The van der Waals surface area contributed by atoms with Crippen LogP contribution in [0.1, 0.15) is 51.9 Å². The Morgan fingerprint density at radius 3 is 1.89 bits per heavy atom. The van der Waals surface area contributed by atoms with Crippen molar-refractivity contribution in [3.05, 3.63) is 65.9 Å². The van der Waals surface area contributed by atoms with Crippen molar-refractivity contribution in [2.45, 2.75) is 58.9 Å². The summed E-state index contributed by atoms with van der Waals surface area (Å²) in [6.45, 7) is 5.89. The molecular weight excluding hydrogens is 472 g/mol. The Morgan fingerprint density at radius 1 is 0.838 bits per heavy atom. The second-order valence-electron chi connectivity index (χ2n) is 9.22. The van der Waals surface area contributed by atoms with Gasteiger partial charge in [0.15, 0.2) is 0 Å². The van der Waals surface area contributed by atoms with Gasteiger partial charge < -0.3 is 19.3 Å². The van der Waals surface area contributed by atoms with Gasteiger partial charge in [-0.2, -0.15) is 0 Å². The zero-order chi connectivity index (χ0) is 26.8. The number of amides is 1. The Balaban J connectivity index is 1.70. The number of carbonyl (C=O) groups is 3. The number of hydrogen-bond acceptors (Lipinski definition) is 7. The van der Waals surface area contributed by atoms with Crippen LogP contribution in [0.2, 0.25) is 0 Å². The van der Waals surface area contributed by atoms with Gasteiger partial charge in [0, 0.05) is 38.8 Å². The Labute approximate surface area is 217 Å². The zero-order valence-electron chi connectivity index (χ0n) is 21.8. The Bertz CT molecular complexity index is 1180. The molecule has 0 bridgehead atoms. The molecule has 0 radical (unpaired) electrons. The number of aryl methyl sites for hydroxylation is 2. The Kier molecular flexibility index (Phi) is 9.60. The molecule has 3 rings (SSSR count). The lowest BCUT2D eigenvalue weighted by Gasteiger charge is -2.33. The predicted octanol–water partition coefficient (Wildman–Crippen LogP) is 4.89. The summed E-state index contributed by atoms with van der Waals surface area (Å²) < 4.78 is 15.8. The number of nitrogens with zero attached hydrogens (tertiary/aromatic N) is 1. The van der Waals surface area contributed by atoms with Crippen molar-refractivity contribution in [1.82, 2.24) is 10.5 Å². The second-order valence-corrected chi connectivity index (χ2v) is 9.22. The van der Waals surface area contributed by atoms with Gasteiger partial charge in [0.2, 0.25) is 5.91 Å². The highest BCUT2D eigenvalue weighted by Crippen LogP contribution is 2.26. The monoisotopic (exact) mass is 506 g/mol. The van der Waals surface area contributed by atoms with Gasteiger partial charge in [0.05, 0.1) is 0 Å². The highest BCUT2D eigenvalue weighted by molar-refractivity contribution is 5.74. The molecule has 196 valence electrons. The van der Waals surface area contributed by atoms with E-state index in [0.29, 0.717) is 12.8 Å². The van der Waals surface area contributed by atoms with E-state index in [-0.39, 0.29) is 19.1 Å². The van der Waals surface area contributed by atoms with E-state index in [4.69, 9.17) is 14.0 Å². The molecular formula is C29H34N2O6. The fraction of sp³-hybridized carbons (Fsp3) is 0.379. The molecule has 2 aromatic carbocycles. The van der Waals surface area contributed by atoms with Gasteiger partial charge >= 0.3 is 11.9 Å². The first-order valence-corrected chi connectivity index (χ1v) is 12.4. The van der Waals surface area contributed by atoms with E-state index in [1.54, 1.807) is 0 Å². The van der Waals surface area contributed by atoms with Gasteiger partial charge in [-0.1, -0.05) is 60.6 Å². The lowest BCUT2D eigenvalue weighted by atomic mass is 9.91. The lowest BCUT2D eigenvalue weighted by Crippen LogP contribution is -2.55. The number of nitrogens with one attached hydrogen (secondary N) is 1. The van der Waals surface area contributed by atoms with Gasteiger partial charge in [0.25, 0.3) is 0 Å². The molecule has 0 spiro atoms. The summed E-state index contributed by atoms with van der Waals surface area (Å²) in [6, 6.07) is 18.3. The van der Waals surface area contributed by atoms with Crippen molar-refractivity contribution in [2.75, 3.05) is 13.2 Å². The second kappa shape index (κ2) is 12.9. The summed E-state index contributed by atoms with van der Waals surface area (Å²) in [6.07, 6.45) is 2.88. The molecule has 0 aliphatic heterocycles. The molecule has 0 saturated heterocycles. The molecule has 1 N–H and O–H groups in total. The average Bonchev–Trinajstić information content (AvgIpc) is 3.34. The SMILES string of the molecule is CCCc1cc(-c2ccc(-c3ccc(CCC(COC(C)=O)(COC(C)=O)NC(C)=O)cc3)cc2)no1. The van der Waals surface area contributed by atoms with Crippen LogP contribution in [-0.4, -0.2) is 41.8 Å². The molecule has 1 heterocycles. The van der Waals surface area contributed by atoms with Crippen LogP contribution in [0.5, 0.6) is 0 Å². The van der Waals surface area contributed by atoms with Crippen molar-refractivity contribution >= 4 is 17.8 Å². The lowest BCUT2D eigenvalue weighted by molar-refractivity contribution is -0.150. The number of carbonyl (C=O) groups excluding carboxylic acids is 3. The van der Waals surface area contributed by atoms with E-state index in [9.17, 15) is 14.4 Å². The van der Waals surface area contributed by atoms with Crippen molar-refractivity contribution < 1.29 is 28.4 Å². The summed E-state index contributed by atoms with van der Waals surface area (Å²) in [5.41, 5.74) is 3.99. The molecule has 0 saturated carbocycles. The highest BCUT2D eigenvalue weighted by Gasteiger charge is 2.34. The molecule has 8 heteroatoms. The van der Waals surface area contributed by atoms with Gasteiger partial charge in [-0.3, -0.25) is 14.4 Å². The number of benzene rings is 2. The molecule has 1 aromatic heterocycles. The molecule has 0 aliphatic rings. The smallest absolute Gasteiger partial charge is 0.302 e. The van der Waals surface area contributed by atoms with E-state index in [0.717, 1.165) is 46.5 Å². The number of aromatic nitrogens is 1. The minimum absolute atomic E-state index is 0.0922. The number of esters is 2. The average molecular weight is 507 g/mol. The first-order chi connectivity index (χ1) is 17.7. The van der Waals surface area contributed by atoms with Crippen molar-refractivity contribution in [1.29, 1.82) is 0 Å². The molecule has 1 amide bonds. The Morgan fingerprint density at radius 2 is 1.38 bits per heavy atom. The van der Waals surface area contributed by atoms with E-state index in [1.807, 2.05) is 42.5 Å².